The van der Waals surface area contributed by atoms with Gasteiger partial charge in [0.05, 0.1) is 12.6 Å². The summed E-state index contributed by atoms with van der Waals surface area (Å²) in [7, 11) is 1.59. The van der Waals surface area contributed by atoms with Gasteiger partial charge in [-0.25, -0.2) is 4.79 Å². The maximum absolute atomic E-state index is 10.9. The van der Waals surface area contributed by atoms with Crippen LogP contribution >= 0.6 is 11.6 Å². The predicted octanol–water partition coefficient (Wildman–Crippen LogP) is 1.91. The van der Waals surface area contributed by atoms with E-state index in [4.69, 9.17) is 16.3 Å². The van der Waals surface area contributed by atoms with Gasteiger partial charge in [-0.3, -0.25) is 4.90 Å². The number of hydrogen-bond donors (Lipinski definition) is 0. The second kappa shape index (κ2) is 5.24. The summed E-state index contributed by atoms with van der Waals surface area (Å²) in [6.45, 7) is 4.40. The first kappa shape index (κ1) is 10.6. The smallest absolute Gasteiger partial charge is 0.410 e. The predicted molar refractivity (Wildman–Crippen MR) is 44.7 cm³/mol. The molecule has 0 rings (SSSR count). The van der Waals surface area contributed by atoms with E-state index in [1.165, 1.54) is 4.90 Å². The first-order valence-corrected chi connectivity index (χ1v) is 4.05. The van der Waals surface area contributed by atoms with Gasteiger partial charge >= 0.3 is 6.09 Å². The lowest BCUT2D eigenvalue weighted by Gasteiger charge is -2.14. The molecule has 0 atom stereocenters. The van der Waals surface area contributed by atoms with Crippen LogP contribution in [-0.4, -0.2) is 30.7 Å². The van der Waals surface area contributed by atoms with Crippen LogP contribution in [0.25, 0.3) is 0 Å². The molecule has 11 heavy (non-hydrogen) atoms. The molecule has 0 heterocycles. The van der Waals surface area contributed by atoms with Crippen LogP contribution in [0.4, 0.5) is 4.79 Å². The van der Waals surface area contributed by atoms with Crippen molar-refractivity contribution in [2.75, 3.05) is 19.7 Å². The van der Waals surface area contributed by atoms with E-state index in [0.29, 0.717) is 12.5 Å². The largest absolute Gasteiger partial charge is 0.449 e. The Hall–Kier alpha value is -0.440. The number of carbonyl (C=O) groups is 1. The molecule has 0 fully saturated rings. The summed E-state index contributed by atoms with van der Waals surface area (Å²) >= 11 is 5.39. The molecule has 0 saturated carbocycles. The lowest BCUT2D eigenvalue weighted by Crippen LogP contribution is -2.27. The Balaban J connectivity index is 3.52. The Labute approximate surface area is 72.3 Å². The van der Waals surface area contributed by atoms with Crippen LogP contribution in [0.1, 0.15) is 13.8 Å². The van der Waals surface area contributed by atoms with Gasteiger partial charge in [-0.1, -0.05) is 13.8 Å². The molecular weight excluding hydrogens is 166 g/mol. The molecule has 0 aromatic heterocycles. The number of carbonyl (C=O) groups excluding carboxylic acids is 1. The van der Waals surface area contributed by atoms with Crippen LogP contribution in [-0.2, 0) is 4.74 Å². The van der Waals surface area contributed by atoms with Gasteiger partial charge in [0.15, 0.2) is 0 Å². The average Bonchev–Trinajstić information content (AvgIpc) is 1.98. The van der Waals surface area contributed by atoms with E-state index in [-0.39, 0.29) is 12.1 Å². The highest BCUT2D eigenvalue weighted by molar-refractivity contribution is 6.18. The number of nitrogens with zero attached hydrogens (tertiary/aromatic N) is 1. The van der Waals surface area contributed by atoms with Gasteiger partial charge in [0.1, 0.15) is 0 Å². The van der Waals surface area contributed by atoms with Gasteiger partial charge in [0.2, 0.25) is 0 Å². The Morgan fingerprint density at radius 2 is 2.18 bits per heavy atom. The summed E-state index contributed by atoms with van der Waals surface area (Å²) in [4.78, 5) is 12.2. The zero-order valence-electron chi connectivity index (χ0n) is 7.13. The first-order valence-electron chi connectivity index (χ1n) is 3.51. The maximum Gasteiger partial charge on any atom is 0.410 e. The second-order valence-corrected chi connectivity index (χ2v) is 3.03. The Morgan fingerprint density at radius 1 is 1.64 bits per heavy atom. The summed E-state index contributed by atoms with van der Waals surface area (Å²) < 4.78 is 4.86. The number of halogens is 1. The van der Waals surface area contributed by atoms with E-state index < -0.39 is 0 Å². The maximum atomic E-state index is 10.9. The van der Waals surface area contributed by atoms with Gasteiger partial charge in [-0.15, -0.1) is 11.6 Å². The van der Waals surface area contributed by atoms with Crippen molar-refractivity contribution in [1.82, 2.24) is 4.90 Å². The van der Waals surface area contributed by atoms with Crippen LogP contribution in [0.5, 0.6) is 0 Å². The molecule has 0 unspecified atom stereocenters. The van der Waals surface area contributed by atoms with E-state index in [1.807, 2.05) is 13.8 Å². The van der Waals surface area contributed by atoms with Gasteiger partial charge in [-0.2, -0.15) is 0 Å². The van der Waals surface area contributed by atoms with E-state index in [9.17, 15) is 4.79 Å². The van der Waals surface area contributed by atoms with Crippen molar-refractivity contribution >= 4 is 17.7 Å². The molecule has 3 nitrogen and oxygen atoms in total. The van der Waals surface area contributed by atoms with E-state index in [0.717, 1.165) is 0 Å². The molecule has 0 radical (unpaired) electrons. The molecule has 0 aromatic rings. The molecule has 0 aliphatic carbocycles. The van der Waals surface area contributed by atoms with Gasteiger partial charge in [0.25, 0.3) is 0 Å². The molecule has 0 saturated heterocycles. The van der Waals surface area contributed by atoms with E-state index in [1.54, 1.807) is 7.05 Å². The fraction of sp³-hybridized carbons (Fsp3) is 0.857. The lowest BCUT2D eigenvalue weighted by atomic mass is 10.2. The Bertz CT molecular complexity index is 128. The van der Waals surface area contributed by atoms with E-state index >= 15 is 0 Å². The number of alkyl halides is 1. The Morgan fingerprint density at radius 3 is 2.55 bits per heavy atom. The molecule has 0 spiro atoms. The third kappa shape index (κ3) is 4.90. The lowest BCUT2D eigenvalue weighted by molar-refractivity contribution is 0.105. The summed E-state index contributed by atoms with van der Waals surface area (Å²) in [5.41, 5.74) is 0. The van der Waals surface area contributed by atoms with Crippen molar-refractivity contribution in [3.05, 3.63) is 0 Å². The third-order valence-corrected chi connectivity index (χ3v) is 1.39. The highest BCUT2D eigenvalue weighted by atomic mass is 35.5. The zero-order chi connectivity index (χ0) is 8.85. The molecule has 0 aliphatic heterocycles. The summed E-state index contributed by atoms with van der Waals surface area (Å²) in [6, 6.07) is 0.164. The minimum Gasteiger partial charge on any atom is -0.449 e. The third-order valence-electron chi connectivity index (χ3n) is 1.03. The molecule has 0 N–H and O–H groups in total. The summed E-state index contributed by atoms with van der Waals surface area (Å²) in [5.74, 6) is 0.364. The van der Waals surface area contributed by atoms with Crippen LogP contribution in [0, 0.1) is 5.92 Å². The van der Waals surface area contributed by atoms with Gasteiger partial charge in [0, 0.05) is 7.05 Å². The normalized spacial score (nSPS) is 9.91. The average molecular weight is 180 g/mol. The van der Waals surface area contributed by atoms with Crippen molar-refractivity contribution in [3.8, 4) is 0 Å². The quantitative estimate of drug-likeness (QED) is 0.489. The Kier molecular flexibility index (Phi) is 5.03. The molecule has 0 aliphatic rings. The molecule has 4 heteroatoms. The summed E-state index contributed by atoms with van der Waals surface area (Å²) in [6.07, 6.45) is -0.367. The standard InChI is InChI=1S/C7H14ClNO2/c1-6(2)4-11-7(10)9(3)5-8/h6H,4-5H2,1-3H3. The fourth-order valence-corrected chi connectivity index (χ4v) is 0.495. The van der Waals surface area contributed by atoms with Crippen molar-refractivity contribution in [2.24, 2.45) is 5.92 Å². The first-order chi connectivity index (χ1) is 5.07. The van der Waals surface area contributed by atoms with Crippen molar-refractivity contribution in [3.63, 3.8) is 0 Å². The number of ether oxygens (including phenoxy) is 1. The van der Waals surface area contributed by atoms with Crippen LogP contribution < -0.4 is 0 Å². The number of hydrogen-bond acceptors (Lipinski definition) is 2. The SMILES string of the molecule is CC(C)COC(=O)N(C)CCl. The minimum atomic E-state index is -0.367. The molecule has 66 valence electrons. The van der Waals surface area contributed by atoms with Gasteiger partial charge < -0.3 is 4.74 Å². The van der Waals surface area contributed by atoms with Crippen LogP contribution in [0.15, 0.2) is 0 Å². The number of amides is 1. The van der Waals surface area contributed by atoms with Gasteiger partial charge in [-0.05, 0) is 5.92 Å². The van der Waals surface area contributed by atoms with Crippen LogP contribution in [0.3, 0.4) is 0 Å². The molecule has 0 bridgehead atoms. The van der Waals surface area contributed by atoms with E-state index in [2.05, 4.69) is 0 Å². The highest BCUT2D eigenvalue weighted by Crippen LogP contribution is 1.97. The highest BCUT2D eigenvalue weighted by Gasteiger charge is 2.08. The van der Waals surface area contributed by atoms with Crippen molar-refractivity contribution < 1.29 is 9.53 Å². The second-order valence-electron chi connectivity index (χ2n) is 2.79. The monoisotopic (exact) mass is 179 g/mol. The fourth-order valence-electron chi connectivity index (χ4n) is 0.397. The zero-order valence-corrected chi connectivity index (χ0v) is 7.89. The molecule has 0 aromatic carbocycles. The molecular formula is C7H14ClNO2. The topological polar surface area (TPSA) is 29.5 Å². The van der Waals surface area contributed by atoms with Crippen molar-refractivity contribution in [2.45, 2.75) is 13.8 Å². The molecule has 1 amide bonds. The van der Waals surface area contributed by atoms with Crippen LogP contribution in [0.2, 0.25) is 0 Å². The van der Waals surface area contributed by atoms with Crippen molar-refractivity contribution in [1.29, 1.82) is 0 Å². The number of rotatable bonds is 3. The minimum absolute atomic E-state index is 0.164. The summed E-state index contributed by atoms with van der Waals surface area (Å²) in [5, 5.41) is 0.